The number of halogens is 1. The van der Waals surface area contributed by atoms with E-state index in [0.717, 1.165) is 22.6 Å². The summed E-state index contributed by atoms with van der Waals surface area (Å²) in [6.07, 6.45) is 2.38. The monoisotopic (exact) mass is 283 g/mol. The second kappa shape index (κ2) is 5.95. The average Bonchev–Trinajstić information content (AvgIpc) is 2.77. The minimum Gasteiger partial charge on any atom is -0.296 e. The molecule has 0 fully saturated rings. The van der Waals surface area contributed by atoms with Crippen molar-refractivity contribution in [2.45, 2.75) is 39.3 Å². The number of fused-ring (bicyclic) bond motifs is 1. The van der Waals surface area contributed by atoms with E-state index in [1.54, 1.807) is 11.3 Å². The van der Waals surface area contributed by atoms with Crippen LogP contribution in [0.1, 0.15) is 32.5 Å². The molecular formula is C13H18ClN3S. The van der Waals surface area contributed by atoms with E-state index in [4.69, 9.17) is 11.6 Å². The molecule has 0 aliphatic carbocycles. The number of nitrogens with zero attached hydrogens (tertiary/aromatic N) is 3. The van der Waals surface area contributed by atoms with Crippen molar-refractivity contribution in [3.63, 3.8) is 0 Å². The Hall–Kier alpha value is -0.710. The summed E-state index contributed by atoms with van der Waals surface area (Å²) in [7, 11) is 2.11. The molecular weight excluding hydrogens is 266 g/mol. The third kappa shape index (κ3) is 2.99. The van der Waals surface area contributed by atoms with Crippen LogP contribution in [0.4, 0.5) is 0 Å². The van der Waals surface area contributed by atoms with Gasteiger partial charge in [0.1, 0.15) is 15.8 Å². The number of rotatable bonds is 5. The van der Waals surface area contributed by atoms with Crippen LogP contribution in [0.25, 0.3) is 10.2 Å². The zero-order valence-electron chi connectivity index (χ0n) is 11.0. The molecule has 0 amide bonds. The van der Waals surface area contributed by atoms with Gasteiger partial charge in [0.2, 0.25) is 0 Å². The highest BCUT2D eigenvalue weighted by molar-refractivity contribution is 7.16. The molecule has 0 spiro atoms. The molecule has 5 heteroatoms. The van der Waals surface area contributed by atoms with Gasteiger partial charge in [-0.1, -0.05) is 24.9 Å². The molecule has 2 rings (SSSR count). The van der Waals surface area contributed by atoms with Gasteiger partial charge in [0, 0.05) is 11.4 Å². The lowest BCUT2D eigenvalue weighted by Gasteiger charge is -2.23. The SMILES string of the molecule is CCCC(C)N(C)Cc1nc(Cl)c2ccsc2n1. The van der Waals surface area contributed by atoms with Gasteiger partial charge in [-0.15, -0.1) is 11.3 Å². The summed E-state index contributed by atoms with van der Waals surface area (Å²) in [5.41, 5.74) is 0. The zero-order chi connectivity index (χ0) is 13.1. The predicted molar refractivity (Wildman–Crippen MR) is 78.3 cm³/mol. The Balaban J connectivity index is 2.16. The number of thiophene rings is 1. The average molecular weight is 284 g/mol. The van der Waals surface area contributed by atoms with Gasteiger partial charge in [0.05, 0.1) is 6.54 Å². The van der Waals surface area contributed by atoms with Crippen molar-refractivity contribution in [3.8, 4) is 0 Å². The summed E-state index contributed by atoms with van der Waals surface area (Å²) in [5.74, 6) is 0.806. The number of aromatic nitrogens is 2. The molecule has 2 aromatic heterocycles. The van der Waals surface area contributed by atoms with Crippen LogP contribution in [0.2, 0.25) is 5.15 Å². The molecule has 0 bridgehead atoms. The Bertz CT molecular complexity index is 526. The third-order valence-corrected chi connectivity index (χ3v) is 4.27. The van der Waals surface area contributed by atoms with Crippen LogP contribution in [0.3, 0.4) is 0 Å². The Morgan fingerprint density at radius 3 is 2.94 bits per heavy atom. The van der Waals surface area contributed by atoms with Crippen molar-refractivity contribution in [1.29, 1.82) is 0 Å². The minimum atomic E-state index is 0.538. The van der Waals surface area contributed by atoms with E-state index in [1.807, 2.05) is 11.4 Å². The van der Waals surface area contributed by atoms with Crippen LogP contribution >= 0.6 is 22.9 Å². The molecule has 2 heterocycles. The fourth-order valence-electron chi connectivity index (χ4n) is 1.95. The lowest BCUT2D eigenvalue weighted by Crippen LogP contribution is -2.29. The fraction of sp³-hybridized carbons (Fsp3) is 0.538. The van der Waals surface area contributed by atoms with Gasteiger partial charge < -0.3 is 0 Å². The quantitative estimate of drug-likeness (QED) is 0.778. The molecule has 0 aromatic carbocycles. The Kier molecular flexibility index (Phi) is 4.54. The largest absolute Gasteiger partial charge is 0.296 e. The minimum absolute atomic E-state index is 0.538. The summed E-state index contributed by atoms with van der Waals surface area (Å²) in [6, 6.07) is 2.51. The molecule has 0 N–H and O–H groups in total. The lowest BCUT2D eigenvalue weighted by atomic mass is 10.2. The third-order valence-electron chi connectivity index (χ3n) is 3.17. The first-order chi connectivity index (χ1) is 8.61. The smallest absolute Gasteiger partial charge is 0.145 e. The highest BCUT2D eigenvalue weighted by atomic mass is 35.5. The second-order valence-electron chi connectivity index (χ2n) is 4.62. The van der Waals surface area contributed by atoms with Crippen LogP contribution in [0.15, 0.2) is 11.4 Å². The first-order valence-electron chi connectivity index (χ1n) is 6.21. The summed E-state index contributed by atoms with van der Waals surface area (Å²) in [5, 5.41) is 3.51. The number of hydrogen-bond acceptors (Lipinski definition) is 4. The number of hydrogen-bond donors (Lipinski definition) is 0. The van der Waals surface area contributed by atoms with Gasteiger partial charge in [0.15, 0.2) is 0 Å². The van der Waals surface area contributed by atoms with Crippen LogP contribution in [-0.2, 0) is 6.54 Å². The molecule has 0 saturated carbocycles. The molecule has 1 unspecified atom stereocenters. The maximum Gasteiger partial charge on any atom is 0.145 e. The topological polar surface area (TPSA) is 29.0 Å². The molecule has 0 radical (unpaired) electrons. The van der Waals surface area contributed by atoms with Crippen molar-refractivity contribution in [3.05, 3.63) is 22.4 Å². The van der Waals surface area contributed by atoms with E-state index in [2.05, 4.69) is 35.8 Å². The van der Waals surface area contributed by atoms with Crippen LogP contribution in [-0.4, -0.2) is 28.0 Å². The van der Waals surface area contributed by atoms with E-state index in [1.165, 1.54) is 12.8 Å². The highest BCUT2D eigenvalue weighted by Crippen LogP contribution is 2.25. The van der Waals surface area contributed by atoms with Crippen molar-refractivity contribution < 1.29 is 0 Å². The molecule has 0 aliphatic heterocycles. The van der Waals surface area contributed by atoms with Crippen LogP contribution < -0.4 is 0 Å². The second-order valence-corrected chi connectivity index (χ2v) is 5.88. The molecule has 2 aromatic rings. The molecule has 1 atom stereocenters. The summed E-state index contributed by atoms with van der Waals surface area (Å²) in [4.78, 5) is 12.2. The Labute approximate surface area is 117 Å². The molecule has 3 nitrogen and oxygen atoms in total. The van der Waals surface area contributed by atoms with Gasteiger partial charge in [-0.2, -0.15) is 0 Å². The van der Waals surface area contributed by atoms with Crippen molar-refractivity contribution in [1.82, 2.24) is 14.9 Å². The molecule has 18 heavy (non-hydrogen) atoms. The summed E-state index contributed by atoms with van der Waals surface area (Å²) >= 11 is 7.77. The molecule has 98 valence electrons. The van der Waals surface area contributed by atoms with Crippen molar-refractivity contribution >= 4 is 33.2 Å². The normalized spacial score (nSPS) is 13.4. The van der Waals surface area contributed by atoms with Crippen molar-refractivity contribution in [2.75, 3.05) is 7.05 Å². The van der Waals surface area contributed by atoms with E-state index < -0.39 is 0 Å². The first-order valence-corrected chi connectivity index (χ1v) is 7.47. The Morgan fingerprint density at radius 2 is 2.22 bits per heavy atom. The van der Waals surface area contributed by atoms with Gasteiger partial charge >= 0.3 is 0 Å². The van der Waals surface area contributed by atoms with Gasteiger partial charge in [0.25, 0.3) is 0 Å². The fourth-order valence-corrected chi connectivity index (χ4v) is 3.04. The van der Waals surface area contributed by atoms with Gasteiger partial charge in [-0.05, 0) is 31.8 Å². The van der Waals surface area contributed by atoms with Crippen molar-refractivity contribution in [2.24, 2.45) is 0 Å². The predicted octanol–water partition coefficient (Wildman–Crippen LogP) is 3.97. The zero-order valence-corrected chi connectivity index (χ0v) is 12.6. The highest BCUT2D eigenvalue weighted by Gasteiger charge is 2.12. The molecule has 0 aliphatic rings. The lowest BCUT2D eigenvalue weighted by molar-refractivity contribution is 0.231. The van der Waals surface area contributed by atoms with Gasteiger partial charge in [-0.25, -0.2) is 9.97 Å². The van der Waals surface area contributed by atoms with E-state index in [9.17, 15) is 0 Å². The summed E-state index contributed by atoms with van der Waals surface area (Å²) < 4.78 is 0. The summed E-state index contributed by atoms with van der Waals surface area (Å²) in [6.45, 7) is 5.18. The van der Waals surface area contributed by atoms with E-state index >= 15 is 0 Å². The van der Waals surface area contributed by atoms with Gasteiger partial charge in [-0.3, -0.25) is 4.90 Å². The van der Waals surface area contributed by atoms with Crippen LogP contribution in [0, 0.1) is 0 Å². The first kappa shape index (κ1) is 13.7. The molecule has 0 saturated heterocycles. The van der Waals surface area contributed by atoms with Crippen LogP contribution in [0.5, 0.6) is 0 Å². The maximum absolute atomic E-state index is 6.16. The van der Waals surface area contributed by atoms with E-state index in [-0.39, 0.29) is 0 Å². The van der Waals surface area contributed by atoms with E-state index in [0.29, 0.717) is 11.2 Å². The standard InChI is InChI=1S/C13H18ClN3S/c1-4-5-9(2)17(3)8-11-15-12(14)10-6-7-18-13(10)16-11/h6-7,9H,4-5,8H2,1-3H3. The maximum atomic E-state index is 6.16. The Morgan fingerprint density at radius 1 is 1.44 bits per heavy atom.